The zero-order valence-electron chi connectivity index (χ0n) is 13.6. The van der Waals surface area contributed by atoms with Crippen LogP contribution in [0.4, 0.5) is 4.79 Å². The Bertz CT molecular complexity index is 635. The maximum Gasteiger partial charge on any atom is 0.339 e. The summed E-state index contributed by atoms with van der Waals surface area (Å²) in [6.45, 7) is 3.77. The van der Waals surface area contributed by atoms with E-state index < -0.39 is 24.0 Å². The molecule has 132 valence electrons. The van der Waals surface area contributed by atoms with Gasteiger partial charge in [0.05, 0.1) is 23.8 Å². The van der Waals surface area contributed by atoms with Gasteiger partial charge in [-0.3, -0.25) is 10.1 Å². The minimum Gasteiger partial charge on any atom is -0.493 e. The summed E-state index contributed by atoms with van der Waals surface area (Å²) in [7, 11) is 1.44. The fourth-order valence-electron chi connectivity index (χ4n) is 1.69. The summed E-state index contributed by atoms with van der Waals surface area (Å²) in [6, 6.07) is 1.91. The predicted molar refractivity (Wildman–Crippen MR) is 89.1 cm³/mol. The molecule has 0 radical (unpaired) electrons. The van der Waals surface area contributed by atoms with E-state index >= 15 is 0 Å². The lowest BCUT2D eigenvalue weighted by atomic mass is 10.2. The van der Waals surface area contributed by atoms with Crippen molar-refractivity contribution in [2.75, 3.05) is 13.7 Å². The molecular formula is C15H19BrN2O6. The first kappa shape index (κ1) is 19.8. The Kier molecular flexibility index (Phi) is 7.50. The zero-order valence-corrected chi connectivity index (χ0v) is 15.1. The van der Waals surface area contributed by atoms with E-state index in [1.54, 1.807) is 0 Å². The summed E-state index contributed by atoms with van der Waals surface area (Å²) in [5, 5.41) is 1.83. The summed E-state index contributed by atoms with van der Waals surface area (Å²) >= 11 is 3.31. The Labute approximate surface area is 147 Å². The van der Waals surface area contributed by atoms with Crippen LogP contribution in [-0.4, -0.2) is 37.7 Å². The molecule has 0 saturated heterocycles. The van der Waals surface area contributed by atoms with Crippen LogP contribution in [-0.2, 0) is 9.53 Å². The fourth-order valence-corrected chi connectivity index (χ4v) is 2.24. The number of halogens is 1. The van der Waals surface area contributed by atoms with Crippen molar-refractivity contribution >= 4 is 33.8 Å². The van der Waals surface area contributed by atoms with Gasteiger partial charge in [-0.05, 0) is 41.4 Å². The van der Waals surface area contributed by atoms with Crippen LogP contribution in [0.3, 0.4) is 0 Å². The lowest BCUT2D eigenvalue weighted by Crippen LogP contribution is -2.42. The first-order chi connectivity index (χ1) is 11.3. The molecule has 0 aliphatic heterocycles. The van der Waals surface area contributed by atoms with E-state index in [2.05, 4.69) is 15.9 Å². The lowest BCUT2D eigenvalue weighted by Gasteiger charge is -2.15. The van der Waals surface area contributed by atoms with Gasteiger partial charge in [-0.1, -0.05) is 6.92 Å². The van der Waals surface area contributed by atoms with Gasteiger partial charge in [0.15, 0.2) is 17.6 Å². The molecule has 0 saturated carbocycles. The summed E-state index contributed by atoms with van der Waals surface area (Å²) in [6.07, 6.45) is -0.378. The highest BCUT2D eigenvalue weighted by Crippen LogP contribution is 2.37. The highest BCUT2D eigenvalue weighted by atomic mass is 79.9. The molecule has 0 aromatic heterocycles. The number of nitrogens with two attached hydrogens (primary N) is 1. The molecule has 3 amide bonds. The van der Waals surface area contributed by atoms with E-state index in [-0.39, 0.29) is 5.56 Å². The number of hydrogen-bond acceptors (Lipinski definition) is 6. The number of carbonyl (C=O) groups excluding carboxylic acids is 3. The lowest BCUT2D eigenvalue weighted by molar-refractivity contribution is -0.127. The molecular weight excluding hydrogens is 384 g/mol. The molecule has 0 unspecified atom stereocenters. The standard InChI is InChI=1S/C15H19BrN2O6/c1-4-5-23-12-10(16)6-9(7-11(12)22-3)14(20)24-8(2)13(19)18-15(17)21/h6-8H,4-5H2,1-3H3,(H3,17,18,19,21)/t8-/m0/s1. The van der Waals surface area contributed by atoms with E-state index in [4.69, 9.17) is 19.9 Å². The highest BCUT2D eigenvalue weighted by molar-refractivity contribution is 9.10. The van der Waals surface area contributed by atoms with Crippen LogP contribution in [0.2, 0.25) is 0 Å². The Balaban J connectivity index is 2.93. The summed E-state index contributed by atoms with van der Waals surface area (Å²) < 4.78 is 16.3. The number of esters is 1. The van der Waals surface area contributed by atoms with Crippen LogP contribution in [0.1, 0.15) is 30.6 Å². The van der Waals surface area contributed by atoms with Crippen molar-refractivity contribution in [2.45, 2.75) is 26.4 Å². The average molecular weight is 403 g/mol. The molecule has 0 spiro atoms. The van der Waals surface area contributed by atoms with E-state index in [9.17, 15) is 14.4 Å². The van der Waals surface area contributed by atoms with Gasteiger partial charge < -0.3 is 19.9 Å². The number of imide groups is 1. The molecule has 9 heteroatoms. The Morgan fingerprint density at radius 1 is 1.33 bits per heavy atom. The first-order valence-electron chi connectivity index (χ1n) is 7.11. The molecule has 24 heavy (non-hydrogen) atoms. The van der Waals surface area contributed by atoms with E-state index in [1.165, 1.54) is 26.2 Å². The van der Waals surface area contributed by atoms with Crippen molar-refractivity contribution in [1.29, 1.82) is 0 Å². The number of primary amides is 1. The quantitative estimate of drug-likeness (QED) is 0.673. The third kappa shape index (κ3) is 5.41. The second-order valence-corrected chi connectivity index (χ2v) is 5.59. The van der Waals surface area contributed by atoms with Crippen molar-refractivity contribution in [3.8, 4) is 11.5 Å². The van der Waals surface area contributed by atoms with Gasteiger partial charge in [0.25, 0.3) is 5.91 Å². The SMILES string of the molecule is CCCOc1c(Br)cc(C(=O)O[C@@H](C)C(=O)NC(N)=O)cc1OC. The maximum atomic E-state index is 12.2. The van der Waals surface area contributed by atoms with Gasteiger partial charge in [0.1, 0.15) is 0 Å². The third-order valence-corrected chi connectivity index (χ3v) is 3.40. The summed E-state index contributed by atoms with van der Waals surface area (Å²) in [5.74, 6) is -0.762. The minimum absolute atomic E-state index is 0.154. The van der Waals surface area contributed by atoms with E-state index in [1.807, 2.05) is 12.2 Å². The molecule has 3 N–H and O–H groups in total. The second-order valence-electron chi connectivity index (χ2n) is 4.74. The Morgan fingerprint density at radius 3 is 2.54 bits per heavy atom. The number of nitrogens with one attached hydrogen (secondary N) is 1. The van der Waals surface area contributed by atoms with Crippen molar-refractivity contribution in [3.05, 3.63) is 22.2 Å². The second kappa shape index (κ2) is 9.11. The molecule has 0 bridgehead atoms. The molecule has 0 aliphatic carbocycles. The number of rotatable bonds is 7. The van der Waals surface area contributed by atoms with Gasteiger partial charge in [-0.15, -0.1) is 0 Å². The van der Waals surface area contributed by atoms with Crippen molar-refractivity contribution in [2.24, 2.45) is 5.73 Å². The summed E-state index contributed by atoms with van der Waals surface area (Å²) in [5.41, 5.74) is 4.99. The third-order valence-electron chi connectivity index (χ3n) is 2.82. The number of urea groups is 1. The van der Waals surface area contributed by atoms with Crippen LogP contribution < -0.4 is 20.5 Å². The number of ether oxygens (including phenoxy) is 3. The maximum absolute atomic E-state index is 12.2. The van der Waals surface area contributed by atoms with E-state index in [0.29, 0.717) is 22.6 Å². The van der Waals surface area contributed by atoms with Crippen LogP contribution in [0.5, 0.6) is 11.5 Å². The predicted octanol–water partition coefficient (Wildman–Crippen LogP) is 1.99. The van der Waals surface area contributed by atoms with E-state index in [0.717, 1.165) is 6.42 Å². The van der Waals surface area contributed by atoms with Crippen LogP contribution in [0.25, 0.3) is 0 Å². The normalized spacial score (nSPS) is 11.3. The topological polar surface area (TPSA) is 117 Å². The smallest absolute Gasteiger partial charge is 0.339 e. The van der Waals surface area contributed by atoms with Gasteiger partial charge >= 0.3 is 12.0 Å². The van der Waals surface area contributed by atoms with Gasteiger partial charge in [-0.25, -0.2) is 9.59 Å². The van der Waals surface area contributed by atoms with Crippen molar-refractivity contribution < 1.29 is 28.6 Å². The number of methoxy groups -OCH3 is 1. The van der Waals surface area contributed by atoms with Gasteiger partial charge in [0.2, 0.25) is 0 Å². The monoisotopic (exact) mass is 402 g/mol. The highest BCUT2D eigenvalue weighted by Gasteiger charge is 2.22. The van der Waals surface area contributed by atoms with Crippen molar-refractivity contribution in [1.82, 2.24) is 5.32 Å². The number of benzene rings is 1. The molecule has 1 aromatic rings. The Hall–Kier alpha value is -2.29. The molecule has 1 rings (SSSR count). The number of carbonyl (C=O) groups is 3. The number of hydrogen-bond donors (Lipinski definition) is 2. The molecule has 8 nitrogen and oxygen atoms in total. The molecule has 0 heterocycles. The average Bonchev–Trinajstić information content (AvgIpc) is 2.52. The zero-order chi connectivity index (χ0) is 18.3. The fraction of sp³-hybridized carbons (Fsp3) is 0.400. The minimum atomic E-state index is -1.19. The summed E-state index contributed by atoms with van der Waals surface area (Å²) in [4.78, 5) is 34.3. The van der Waals surface area contributed by atoms with Gasteiger partial charge in [-0.2, -0.15) is 0 Å². The van der Waals surface area contributed by atoms with Crippen molar-refractivity contribution in [3.63, 3.8) is 0 Å². The molecule has 0 aliphatic rings. The van der Waals surface area contributed by atoms with Crippen LogP contribution >= 0.6 is 15.9 Å². The van der Waals surface area contributed by atoms with Gasteiger partial charge in [0, 0.05) is 0 Å². The number of amides is 3. The molecule has 0 fully saturated rings. The molecule has 1 atom stereocenters. The van der Waals surface area contributed by atoms with Crippen LogP contribution in [0.15, 0.2) is 16.6 Å². The van der Waals surface area contributed by atoms with Crippen LogP contribution in [0, 0.1) is 0 Å². The first-order valence-corrected chi connectivity index (χ1v) is 7.91. The largest absolute Gasteiger partial charge is 0.493 e. The Morgan fingerprint density at radius 2 is 2.00 bits per heavy atom. The molecule has 1 aromatic carbocycles.